The molecule has 4 nitrogen and oxygen atoms in total. The van der Waals surface area contributed by atoms with Gasteiger partial charge in [-0.15, -0.1) is 0 Å². The lowest BCUT2D eigenvalue weighted by molar-refractivity contribution is -0.132. The molecule has 1 amide bonds. The van der Waals surface area contributed by atoms with Crippen molar-refractivity contribution in [1.29, 1.82) is 0 Å². The molecule has 2 N–H and O–H groups in total. The molecule has 1 aliphatic rings. The second kappa shape index (κ2) is 8.74. The van der Waals surface area contributed by atoms with Crippen LogP contribution in [0.4, 0.5) is 0 Å². The van der Waals surface area contributed by atoms with Crippen molar-refractivity contribution < 1.29 is 4.79 Å². The van der Waals surface area contributed by atoms with Gasteiger partial charge in [-0.3, -0.25) is 4.79 Å². The molecule has 2 atom stereocenters. The summed E-state index contributed by atoms with van der Waals surface area (Å²) in [4.78, 5) is 15.0. The van der Waals surface area contributed by atoms with Gasteiger partial charge in [-0.2, -0.15) is 0 Å². The zero-order chi connectivity index (χ0) is 15.9. The van der Waals surface area contributed by atoms with E-state index in [2.05, 4.69) is 50.4 Å². The number of piperidine rings is 1. The lowest BCUT2D eigenvalue weighted by Gasteiger charge is -2.37. The van der Waals surface area contributed by atoms with Crippen LogP contribution in [0.15, 0.2) is 0 Å². The van der Waals surface area contributed by atoms with Gasteiger partial charge >= 0.3 is 0 Å². The number of nitrogens with one attached hydrogen (secondary N) is 2. The van der Waals surface area contributed by atoms with Gasteiger partial charge in [-0.05, 0) is 52.2 Å². The Morgan fingerprint density at radius 2 is 2.10 bits per heavy atom. The molecule has 0 aromatic rings. The number of likely N-dealkylation sites (N-methyl/N-ethyl adjacent to an activating group) is 1. The number of carbonyl (C=O) groups excluding carboxylic acids is 1. The molecule has 1 rings (SSSR count). The van der Waals surface area contributed by atoms with Gasteiger partial charge in [0.1, 0.15) is 0 Å². The molecule has 1 fully saturated rings. The predicted octanol–water partition coefficient (Wildman–Crippen LogP) is 2.25. The maximum absolute atomic E-state index is 12.8. The van der Waals surface area contributed by atoms with E-state index in [1.165, 1.54) is 0 Å². The normalized spacial score (nSPS) is 24.3. The number of rotatable bonds is 8. The third-order valence-corrected chi connectivity index (χ3v) is 4.65. The molecule has 1 aliphatic heterocycles. The van der Waals surface area contributed by atoms with E-state index in [9.17, 15) is 4.79 Å². The van der Waals surface area contributed by atoms with Gasteiger partial charge in [-0.25, -0.2) is 0 Å². The van der Waals surface area contributed by atoms with Crippen LogP contribution in [0, 0.1) is 11.3 Å². The summed E-state index contributed by atoms with van der Waals surface area (Å²) in [7, 11) is 4.20. The number of nitrogens with zero attached hydrogens (tertiary/aromatic N) is 1. The Labute approximate surface area is 131 Å². The average Bonchev–Trinajstić information content (AvgIpc) is 2.43. The van der Waals surface area contributed by atoms with E-state index in [4.69, 9.17) is 0 Å². The fourth-order valence-electron chi connectivity index (χ4n) is 3.39. The number of carbonyl (C=O) groups is 1. The van der Waals surface area contributed by atoms with Gasteiger partial charge in [0.05, 0.1) is 5.41 Å². The summed E-state index contributed by atoms with van der Waals surface area (Å²) in [6, 6.07) is 0.421. The standard InChI is InChI=1S/C17H35N3O/c1-6-8-17(9-7-10-18-13-17)16(21)19-12-15(20(4)5)11-14(2)3/h14-15,18H,6-13H2,1-5H3,(H,19,21). The van der Waals surface area contributed by atoms with Crippen molar-refractivity contribution in [1.82, 2.24) is 15.5 Å². The van der Waals surface area contributed by atoms with Crippen LogP contribution in [0.1, 0.15) is 52.9 Å². The highest BCUT2D eigenvalue weighted by Gasteiger charge is 2.38. The van der Waals surface area contributed by atoms with E-state index < -0.39 is 0 Å². The van der Waals surface area contributed by atoms with Crippen LogP contribution in [0.3, 0.4) is 0 Å². The summed E-state index contributed by atoms with van der Waals surface area (Å²) in [6.45, 7) is 9.29. The van der Waals surface area contributed by atoms with Crippen molar-refractivity contribution in [3.05, 3.63) is 0 Å². The van der Waals surface area contributed by atoms with Crippen LogP contribution in [0.5, 0.6) is 0 Å². The molecule has 0 aliphatic carbocycles. The summed E-state index contributed by atoms with van der Waals surface area (Å²) in [5.74, 6) is 0.905. The monoisotopic (exact) mass is 297 g/mol. The van der Waals surface area contributed by atoms with Crippen LogP contribution < -0.4 is 10.6 Å². The van der Waals surface area contributed by atoms with Gasteiger partial charge in [0.15, 0.2) is 0 Å². The van der Waals surface area contributed by atoms with Crippen molar-refractivity contribution in [2.24, 2.45) is 11.3 Å². The first kappa shape index (κ1) is 18.4. The van der Waals surface area contributed by atoms with Crippen molar-refractivity contribution in [2.75, 3.05) is 33.7 Å². The molecule has 0 saturated carbocycles. The Bertz CT molecular complexity index is 304. The van der Waals surface area contributed by atoms with Crippen LogP contribution in [-0.2, 0) is 4.79 Å². The quantitative estimate of drug-likeness (QED) is 0.722. The Morgan fingerprint density at radius 1 is 1.38 bits per heavy atom. The molecule has 1 saturated heterocycles. The zero-order valence-electron chi connectivity index (χ0n) is 14.7. The average molecular weight is 297 g/mol. The van der Waals surface area contributed by atoms with Crippen molar-refractivity contribution in [3.8, 4) is 0 Å². The van der Waals surface area contributed by atoms with Crippen LogP contribution in [0.25, 0.3) is 0 Å². The minimum atomic E-state index is -0.179. The molecule has 21 heavy (non-hydrogen) atoms. The highest BCUT2D eigenvalue weighted by molar-refractivity contribution is 5.83. The van der Waals surface area contributed by atoms with E-state index in [1.807, 2.05) is 0 Å². The SMILES string of the molecule is CCCC1(C(=O)NCC(CC(C)C)N(C)C)CCCNC1. The Morgan fingerprint density at radius 3 is 2.57 bits per heavy atom. The summed E-state index contributed by atoms with van der Waals surface area (Å²) in [5, 5.41) is 6.66. The number of amides is 1. The lowest BCUT2D eigenvalue weighted by Crippen LogP contribution is -2.52. The van der Waals surface area contributed by atoms with Crippen LogP contribution in [0.2, 0.25) is 0 Å². The summed E-state index contributed by atoms with van der Waals surface area (Å²) >= 11 is 0. The molecule has 2 unspecified atom stereocenters. The van der Waals surface area contributed by atoms with Gasteiger partial charge in [-0.1, -0.05) is 27.2 Å². The summed E-state index contributed by atoms with van der Waals surface area (Å²) in [6.07, 6.45) is 5.31. The van der Waals surface area contributed by atoms with E-state index >= 15 is 0 Å². The highest BCUT2D eigenvalue weighted by Crippen LogP contribution is 2.31. The van der Waals surface area contributed by atoms with Gasteiger partial charge < -0.3 is 15.5 Å². The third kappa shape index (κ3) is 5.59. The van der Waals surface area contributed by atoms with Crippen molar-refractivity contribution >= 4 is 5.91 Å². The zero-order valence-corrected chi connectivity index (χ0v) is 14.7. The fraction of sp³-hybridized carbons (Fsp3) is 0.941. The molecule has 0 spiro atoms. The van der Waals surface area contributed by atoms with Gasteiger partial charge in [0.25, 0.3) is 0 Å². The molecule has 0 bridgehead atoms. The summed E-state index contributed by atoms with van der Waals surface area (Å²) in [5.41, 5.74) is -0.179. The second-order valence-electron chi connectivity index (χ2n) is 7.27. The Kier molecular flexibility index (Phi) is 7.67. The number of hydrogen-bond acceptors (Lipinski definition) is 3. The topological polar surface area (TPSA) is 44.4 Å². The van der Waals surface area contributed by atoms with Crippen molar-refractivity contribution in [3.63, 3.8) is 0 Å². The highest BCUT2D eigenvalue weighted by atomic mass is 16.2. The van der Waals surface area contributed by atoms with Crippen LogP contribution in [-0.4, -0.2) is 50.6 Å². The van der Waals surface area contributed by atoms with Crippen molar-refractivity contribution in [2.45, 2.75) is 58.9 Å². The third-order valence-electron chi connectivity index (χ3n) is 4.65. The van der Waals surface area contributed by atoms with Gasteiger partial charge in [0, 0.05) is 19.1 Å². The van der Waals surface area contributed by atoms with E-state index in [0.717, 1.165) is 51.7 Å². The number of hydrogen-bond donors (Lipinski definition) is 2. The fourth-order valence-corrected chi connectivity index (χ4v) is 3.39. The minimum Gasteiger partial charge on any atom is -0.354 e. The van der Waals surface area contributed by atoms with E-state index in [0.29, 0.717) is 12.0 Å². The van der Waals surface area contributed by atoms with Gasteiger partial charge in [0.2, 0.25) is 5.91 Å². The molecule has 0 aromatic heterocycles. The first-order chi connectivity index (χ1) is 9.91. The molecule has 1 heterocycles. The van der Waals surface area contributed by atoms with Crippen LogP contribution >= 0.6 is 0 Å². The molecule has 4 heteroatoms. The molecule has 124 valence electrons. The smallest absolute Gasteiger partial charge is 0.227 e. The lowest BCUT2D eigenvalue weighted by atomic mass is 9.76. The van der Waals surface area contributed by atoms with E-state index in [1.54, 1.807) is 0 Å². The first-order valence-corrected chi connectivity index (χ1v) is 8.56. The molecule has 0 aromatic carbocycles. The predicted molar refractivity (Wildman–Crippen MR) is 89.4 cm³/mol. The first-order valence-electron chi connectivity index (χ1n) is 8.56. The molecule has 0 radical (unpaired) electrons. The maximum Gasteiger partial charge on any atom is 0.227 e. The Hall–Kier alpha value is -0.610. The largest absolute Gasteiger partial charge is 0.354 e. The molecular weight excluding hydrogens is 262 g/mol. The maximum atomic E-state index is 12.8. The van der Waals surface area contributed by atoms with E-state index in [-0.39, 0.29) is 11.3 Å². The molecular formula is C17H35N3O. The Balaban J connectivity index is 2.59. The second-order valence-corrected chi connectivity index (χ2v) is 7.27. The minimum absolute atomic E-state index is 0.179. The summed E-state index contributed by atoms with van der Waals surface area (Å²) < 4.78 is 0.